The number of Topliss-reactive ketones (excluding diaryl/α,β-unsaturated/α-hetero) is 1. The third-order valence-corrected chi connectivity index (χ3v) is 5.85. The minimum Gasteiger partial charge on any atom is -0.370 e. The highest BCUT2D eigenvalue weighted by atomic mass is 35.5. The summed E-state index contributed by atoms with van der Waals surface area (Å²) in [6.45, 7) is 0. The van der Waals surface area contributed by atoms with Crippen LogP contribution < -0.4 is 0 Å². The molecule has 0 saturated carbocycles. The van der Waals surface area contributed by atoms with Gasteiger partial charge in [-0.15, -0.1) is 11.3 Å². The molecule has 142 valence electrons. The lowest BCUT2D eigenvalue weighted by atomic mass is 9.87. The average Bonchev–Trinajstić information content (AvgIpc) is 2.95. The van der Waals surface area contributed by atoms with Gasteiger partial charge in [-0.2, -0.15) is 13.2 Å². The van der Waals surface area contributed by atoms with Crippen LogP contribution >= 0.6 is 46.1 Å². The van der Waals surface area contributed by atoms with Crippen LogP contribution in [0.3, 0.4) is 0 Å². The maximum absolute atomic E-state index is 13.7. The zero-order chi connectivity index (χ0) is 20.0. The highest BCUT2D eigenvalue weighted by molar-refractivity contribution is 7.19. The van der Waals surface area contributed by atoms with Crippen molar-refractivity contribution in [3.8, 4) is 0 Å². The maximum atomic E-state index is 13.7. The van der Waals surface area contributed by atoms with Crippen molar-refractivity contribution < 1.29 is 23.1 Å². The van der Waals surface area contributed by atoms with Crippen LogP contribution in [0.1, 0.15) is 10.4 Å². The Hall–Kier alpha value is -1.31. The van der Waals surface area contributed by atoms with Gasteiger partial charge < -0.3 is 5.11 Å². The highest BCUT2D eigenvalue weighted by Crippen LogP contribution is 2.43. The van der Waals surface area contributed by atoms with Crippen LogP contribution in [-0.2, 0) is 16.8 Å². The minimum absolute atomic E-state index is 0.124. The summed E-state index contributed by atoms with van der Waals surface area (Å²) in [6.07, 6.45) is -5.89. The van der Waals surface area contributed by atoms with Gasteiger partial charge in [-0.25, -0.2) is 0 Å². The van der Waals surface area contributed by atoms with E-state index in [9.17, 15) is 23.1 Å². The van der Waals surface area contributed by atoms with Crippen LogP contribution in [0.5, 0.6) is 0 Å². The van der Waals surface area contributed by atoms with Gasteiger partial charge in [0, 0.05) is 42.0 Å². The van der Waals surface area contributed by atoms with Gasteiger partial charge in [0.2, 0.25) is 5.60 Å². The minimum atomic E-state index is -5.26. The normalized spacial score (nSPS) is 14.3. The molecule has 0 amide bonds. The maximum Gasteiger partial charge on any atom is 0.428 e. The van der Waals surface area contributed by atoms with Gasteiger partial charge in [0.25, 0.3) is 0 Å². The molecule has 3 rings (SSSR count). The molecule has 0 bridgehead atoms. The van der Waals surface area contributed by atoms with Crippen molar-refractivity contribution in [1.82, 2.24) is 0 Å². The first-order valence-electron chi connectivity index (χ1n) is 7.48. The molecule has 27 heavy (non-hydrogen) atoms. The smallest absolute Gasteiger partial charge is 0.370 e. The van der Waals surface area contributed by atoms with E-state index in [4.69, 9.17) is 34.8 Å². The third-order valence-electron chi connectivity index (χ3n) is 3.99. The number of carbonyl (C=O) groups excluding carboxylic acids is 1. The average molecular weight is 454 g/mol. The topological polar surface area (TPSA) is 37.3 Å². The number of rotatable bonds is 4. The Morgan fingerprint density at radius 2 is 1.67 bits per heavy atom. The SMILES string of the molecule is O=C(Cc1cc2c(Cl)cccc2s1)C(O)(c1cc(Cl)cc(Cl)c1)C(F)(F)F. The second-order valence-corrected chi connectivity index (χ2v) is 8.28. The van der Waals surface area contributed by atoms with Crippen molar-refractivity contribution in [1.29, 1.82) is 0 Å². The van der Waals surface area contributed by atoms with Crippen molar-refractivity contribution in [3.05, 3.63) is 68.0 Å². The number of ketones is 1. The molecule has 3 aromatic rings. The zero-order valence-electron chi connectivity index (χ0n) is 13.3. The van der Waals surface area contributed by atoms with E-state index in [0.717, 1.165) is 28.2 Å². The van der Waals surface area contributed by atoms with Gasteiger partial charge in [0.05, 0.1) is 0 Å². The molecule has 9 heteroatoms. The van der Waals surface area contributed by atoms with Gasteiger partial charge in [-0.05, 0) is 36.4 Å². The number of aliphatic hydroxyl groups is 1. The lowest BCUT2D eigenvalue weighted by Crippen LogP contribution is -2.49. The Morgan fingerprint density at radius 1 is 1.04 bits per heavy atom. The Balaban J connectivity index is 2.04. The lowest BCUT2D eigenvalue weighted by Gasteiger charge is -2.29. The summed E-state index contributed by atoms with van der Waals surface area (Å²) >= 11 is 18.7. The molecular formula is C18H10Cl3F3O2S. The van der Waals surface area contributed by atoms with Crippen LogP contribution in [0.2, 0.25) is 15.1 Å². The van der Waals surface area contributed by atoms with Gasteiger partial charge in [-0.1, -0.05) is 40.9 Å². The van der Waals surface area contributed by atoms with Gasteiger partial charge in [-0.3, -0.25) is 4.79 Å². The molecule has 1 unspecified atom stereocenters. The van der Waals surface area contributed by atoms with Crippen molar-refractivity contribution in [2.45, 2.75) is 18.2 Å². The number of halogens is 6. The van der Waals surface area contributed by atoms with Crippen molar-refractivity contribution in [3.63, 3.8) is 0 Å². The van der Waals surface area contributed by atoms with Crippen molar-refractivity contribution in [2.24, 2.45) is 0 Å². The number of hydrogen-bond donors (Lipinski definition) is 1. The molecule has 1 atom stereocenters. The Kier molecular flexibility index (Phi) is 5.49. The summed E-state index contributed by atoms with van der Waals surface area (Å²) in [5, 5.41) is 11.2. The molecule has 0 aliphatic heterocycles. The quantitative estimate of drug-likeness (QED) is 0.495. The fraction of sp³-hybridized carbons (Fsp3) is 0.167. The second kappa shape index (κ2) is 7.26. The summed E-state index contributed by atoms with van der Waals surface area (Å²) in [7, 11) is 0. The molecule has 2 aromatic carbocycles. The summed E-state index contributed by atoms with van der Waals surface area (Å²) in [5.41, 5.74) is -4.46. The first kappa shape index (κ1) is 20.4. The molecular weight excluding hydrogens is 444 g/mol. The van der Waals surface area contributed by atoms with E-state index in [-0.39, 0.29) is 10.0 Å². The van der Waals surface area contributed by atoms with Gasteiger partial charge in [0.1, 0.15) is 0 Å². The van der Waals surface area contributed by atoms with E-state index in [0.29, 0.717) is 15.3 Å². The van der Waals surface area contributed by atoms with Crippen LogP contribution in [-0.4, -0.2) is 17.1 Å². The fourth-order valence-electron chi connectivity index (χ4n) is 2.70. The summed E-state index contributed by atoms with van der Waals surface area (Å²) in [4.78, 5) is 12.9. The van der Waals surface area contributed by atoms with Crippen LogP contribution in [0, 0.1) is 0 Å². The number of carbonyl (C=O) groups is 1. The Morgan fingerprint density at radius 3 is 2.22 bits per heavy atom. The van der Waals surface area contributed by atoms with E-state index in [1.807, 2.05) is 0 Å². The first-order chi connectivity index (χ1) is 12.5. The van der Waals surface area contributed by atoms with Gasteiger partial charge in [0.15, 0.2) is 5.78 Å². The molecule has 0 radical (unpaired) electrons. The number of hydrogen-bond acceptors (Lipinski definition) is 3. The predicted molar refractivity (Wildman–Crippen MR) is 102 cm³/mol. The van der Waals surface area contributed by atoms with Gasteiger partial charge >= 0.3 is 6.18 Å². The van der Waals surface area contributed by atoms with Crippen LogP contribution in [0.4, 0.5) is 13.2 Å². The molecule has 0 aliphatic rings. The molecule has 2 nitrogen and oxygen atoms in total. The lowest BCUT2D eigenvalue weighted by molar-refractivity contribution is -0.255. The van der Waals surface area contributed by atoms with E-state index < -0.39 is 29.5 Å². The van der Waals surface area contributed by atoms with Crippen LogP contribution in [0.15, 0.2) is 42.5 Å². The van der Waals surface area contributed by atoms with Crippen molar-refractivity contribution in [2.75, 3.05) is 0 Å². The third kappa shape index (κ3) is 3.82. The van der Waals surface area contributed by atoms with Crippen molar-refractivity contribution >= 4 is 62.0 Å². The molecule has 0 aliphatic carbocycles. The Bertz CT molecular complexity index is 1010. The molecule has 0 spiro atoms. The van der Waals surface area contributed by atoms with E-state index in [1.54, 1.807) is 24.3 Å². The highest BCUT2D eigenvalue weighted by Gasteiger charge is 2.60. The molecule has 1 heterocycles. The molecule has 0 fully saturated rings. The standard InChI is InChI=1S/C18H10Cl3F3O2S/c19-10-4-9(5-11(20)6-10)17(26,18(22,23)24)16(25)8-12-7-13-14(21)2-1-3-15(13)27-12/h1-7,26H,8H2. The summed E-state index contributed by atoms with van der Waals surface area (Å²) in [6, 6.07) is 9.59. The summed E-state index contributed by atoms with van der Waals surface area (Å²) in [5.74, 6) is -1.43. The number of fused-ring (bicyclic) bond motifs is 1. The molecule has 1 N–H and O–H groups in total. The van der Waals surface area contributed by atoms with E-state index in [2.05, 4.69) is 0 Å². The largest absolute Gasteiger partial charge is 0.428 e. The second-order valence-electron chi connectivity index (χ2n) is 5.83. The predicted octanol–water partition coefficient (Wildman–Crippen LogP) is 6.42. The number of alkyl halides is 3. The monoisotopic (exact) mass is 452 g/mol. The zero-order valence-corrected chi connectivity index (χ0v) is 16.4. The van der Waals surface area contributed by atoms with E-state index in [1.165, 1.54) is 6.07 Å². The fourth-order valence-corrected chi connectivity index (χ4v) is 4.60. The number of benzene rings is 2. The molecule has 1 aromatic heterocycles. The first-order valence-corrected chi connectivity index (χ1v) is 9.43. The van der Waals surface area contributed by atoms with Crippen LogP contribution in [0.25, 0.3) is 10.1 Å². The Labute approximate surface area is 171 Å². The summed E-state index contributed by atoms with van der Waals surface area (Å²) < 4.78 is 41.8. The van der Waals surface area contributed by atoms with E-state index >= 15 is 0 Å². The molecule has 0 saturated heterocycles. The number of thiophene rings is 1.